The van der Waals surface area contributed by atoms with Crippen LogP contribution in [0.25, 0.3) is 0 Å². The van der Waals surface area contributed by atoms with E-state index in [4.69, 9.17) is 9.47 Å². The van der Waals surface area contributed by atoms with Crippen molar-refractivity contribution in [2.24, 2.45) is 5.92 Å². The molecule has 1 aromatic rings. The highest BCUT2D eigenvalue weighted by molar-refractivity contribution is 5.31. The molecule has 0 amide bonds. The Morgan fingerprint density at radius 2 is 1.89 bits per heavy atom. The highest BCUT2D eigenvalue weighted by Crippen LogP contribution is 2.34. The van der Waals surface area contributed by atoms with Gasteiger partial charge in [-0.25, -0.2) is 0 Å². The number of hydrogen-bond donors (Lipinski definition) is 1. The zero-order valence-corrected chi connectivity index (χ0v) is 12.0. The van der Waals surface area contributed by atoms with E-state index < -0.39 is 0 Å². The number of nitrogens with one attached hydrogen (secondary N) is 1. The highest BCUT2D eigenvalue weighted by atomic mass is 16.5. The van der Waals surface area contributed by atoms with Gasteiger partial charge in [-0.05, 0) is 62.4 Å². The molecule has 0 saturated heterocycles. The molecule has 1 N–H and O–H groups in total. The summed E-state index contributed by atoms with van der Waals surface area (Å²) < 4.78 is 10.9. The summed E-state index contributed by atoms with van der Waals surface area (Å²) >= 11 is 0. The standard InChI is InChI=1S/C16H25NO2/c1-3-17-16(13-6-7-13)5-4-12-19-15-10-8-14(18-2)9-11-15/h8-11,13,16-17H,3-7,12H2,1-2H3. The van der Waals surface area contributed by atoms with Crippen molar-refractivity contribution in [1.82, 2.24) is 5.32 Å². The summed E-state index contributed by atoms with van der Waals surface area (Å²) in [5.74, 6) is 2.71. The normalized spacial score (nSPS) is 16.1. The second-order valence-electron chi connectivity index (χ2n) is 5.17. The largest absolute Gasteiger partial charge is 0.497 e. The van der Waals surface area contributed by atoms with Crippen molar-refractivity contribution in [2.45, 2.75) is 38.6 Å². The first-order chi connectivity index (χ1) is 9.33. The van der Waals surface area contributed by atoms with Crippen LogP contribution >= 0.6 is 0 Å². The van der Waals surface area contributed by atoms with E-state index in [1.54, 1.807) is 7.11 Å². The smallest absolute Gasteiger partial charge is 0.119 e. The summed E-state index contributed by atoms with van der Waals surface area (Å²) in [6.07, 6.45) is 5.13. The molecule has 3 nitrogen and oxygen atoms in total. The Balaban J connectivity index is 1.64. The predicted octanol–water partition coefficient (Wildman–Crippen LogP) is 3.24. The van der Waals surface area contributed by atoms with Gasteiger partial charge in [-0.1, -0.05) is 6.92 Å². The quantitative estimate of drug-likeness (QED) is 0.694. The van der Waals surface area contributed by atoms with Crippen molar-refractivity contribution in [3.63, 3.8) is 0 Å². The fourth-order valence-electron chi connectivity index (χ4n) is 2.43. The van der Waals surface area contributed by atoms with E-state index in [9.17, 15) is 0 Å². The van der Waals surface area contributed by atoms with E-state index in [0.29, 0.717) is 6.04 Å². The molecule has 3 heteroatoms. The van der Waals surface area contributed by atoms with E-state index in [1.807, 2.05) is 24.3 Å². The van der Waals surface area contributed by atoms with Crippen molar-refractivity contribution in [3.05, 3.63) is 24.3 Å². The Bertz CT molecular complexity index is 360. The summed E-state index contributed by atoms with van der Waals surface area (Å²) in [6, 6.07) is 8.48. The van der Waals surface area contributed by atoms with Gasteiger partial charge >= 0.3 is 0 Å². The fraction of sp³-hybridized carbons (Fsp3) is 0.625. The molecule has 1 aromatic carbocycles. The maximum Gasteiger partial charge on any atom is 0.119 e. The van der Waals surface area contributed by atoms with Crippen LogP contribution in [0, 0.1) is 5.92 Å². The van der Waals surface area contributed by atoms with Gasteiger partial charge in [0.25, 0.3) is 0 Å². The first-order valence-electron chi connectivity index (χ1n) is 7.33. The van der Waals surface area contributed by atoms with Crippen molar-refractivity contribution in [2.75, 3.05) is 20.3 Å². The van der Waals surface area contributed by atoms with Gasteiger partial charge in [0.1, 0.15) is 11.5 Å². The minimum absolute atomic E-state index is 0.699. The van der Waals surface area contributed by atoms with Crippen LogP contribution in [0.4, 0.5) is 0 Å². The van der Waals surface area contributed by atoms with Crippen LogP contribution in [-0.4, -0.2) is 26.3 Å². The molecule has 0 aromatic heterocycles. The summed E-state index contributed by atoms with van der Waals surface area (Å²) in [5, 5.41) is 3.59. The molecular formula is C16H25NO2. The number of rotatable bonds is 9. The van der Waals surface area contributed by atoms with Crippen molar-refractivity contribution in [3.8, 4) is 11.5 Å². The van der Waals surface area contributed by atoms with Crippen LogP contribution in [-0.2, 0) is 0 Å². The number of ether oxygens (including phenoxy) is 2. The first-order valence-corrected chi connectivity index (χ1v) is 7.33. The molecule has 1 saturated carbocycles. The average Bonchev–Trinajstić information content (AvgIpc) is 3.27. The van der Waals surface area contributed by atoms with E-state index >= 15 is 0 Å². The van der Waals surface area contributed by atoms with Crippen molar-refractivity contribution < 1.29 is 9.47 Å². The third-order valence-electron chi connectivity index (χ3n) is 3.64. The molecular weight excluding hydrogens is 238 g/mol. The second-order valence-corrected chi connectivity index (χ2v) is 5.17. The van der Waals surface area contributed by atoms with Gasteiger partial charge in [0.2, 0.25) is 0 Å². The van der Waals surface area contributed by atoms with Crippen molar-refractivity contribution in [1.29, 1.82) is 0 Å². The monoisotopic (exact) mass is 263 g/mol. The summed E-state index contributed by atoms with van der Waals surface area (Å²) in [4.78, 5) is 0. The van der Waals surface area contributed by atoms with Gasteiger partial charge < -0.3 is 14.8 Å². The van der Waals surface area contributed by atoms with Gasteiger partial charge in [0.15, 0.2) is 0 Å². The van der Waals surface area contributed by atoms with Gasteiger partial charge in [-0.15, -0.1) is 0 Å². The molecule has 0 radical (unpaired) electrons. The van der Waals surface area contributed by atoms with Gasteiger partial charge in [-0.3, -0.25) is 0 Å². The molecule has 1 fully saturated rings. The SMILES string of the molecule is CCNC(CCCOc1ccc(OC)cc1)C1CC1. The summed E-state index contributed by atoms with van der Waals surface area (Å²) in [6.45, 7) is 4.05. The van der Waals surface area contributed by atoms with Gasteiger partial charge in [0, 0.05) is 6.04 Å². The Hall–Kier alpha value is -1.22. The van der Waals surface area contributed by atoms with Crippen LogP contribution in [0.3, 0.4) is 0 Å². The Morgan fingerprint density at radius 3 is 2.47 bits per heavy atom. The van der Waals surface area contributed by atoms with Crippen LogP contribution in [0.15, 0.2) is 24.3 Å². The highest BCUT2D eigenvalue weighted by Gasteiger charge is 2.29. The molecule has 1 unspecified atom stereocenters. The van der Waals surface area contributed by atoms with E-state index in [2.05, 4.69) is 12.2 Å². The van der Waals surface area contributed by atoms with E-state index in [1.165, 1.54) is 19.3 Å². The Kier molecular flexibility index (Phi) is 5.52. The molecule has 2 rings (SSSR count). The van der Waals surface area contributed by atoms with Crippen LogP contribution < -0.4 is 14.8 Å². The maximum absolute atomic E-state index is 5.75. The fourth-order valence-corrected chi connectivity index (χ4v) is 2.43. The minimum Gasteiger partial charge on any atom is -0.497 e. The third-order valence-corrected chi connectivity index (χ3v) is 3.64. The predicted molar refractivity (Wildman–Crippen MR) is 77.9 cm³/mol. The summed E-state index contributed by atoms with van der Waals surface area (Å²) in [7, 11) is 1.68. The lowest BCUT2D eigenvalue weighted by Crippen LogP contribution is -2.31. The van der Waals surface area contributed by atoms with Gasteiger partial charge in [0.05, 0.1) is 13.7 Å². The molecule has 0 heterocycles. The number of benzene rings is 1. The zero-order valence-electron chi connectivity index (χ0n) is 12.0. The molecule has 1 aliphatic rings. The first kappa shape index (κ1) is 14.2. The average molecular weight is 263 g/mol. The van der Waals surface area contributed by atoms with Crippen LogP contribution in [0.1, 0.15) is 32.6 Å². The zero-order chi connectivity index (χ0) is 13.5. The lowest BCUT2D eigenvalue weighted by molar-refractivity contribution is 0.291. The lowest BCUT2D eigenvalue weighted by Gasteiger charge is -2.17. The molecule has 19 heavy (non-hydrogen) atoms. The number of methoxy groups -OCH3 is 1. The minimum atomic E-state index is 0.699. The maximum atomic E-state index is 5.75. The molecule has 0 aliphatic heterocycles. The molecule has 0 spiro atoms. The molecule has 1 atom stereocenters. The third kappa shape index (κ3) is 4.75. The summed E-state index contributed by atoms with van der Waals surface area (Å²) in [5.41, 5.74) is 0. The topological polar surface area (TPSA) is 30.5 Å². The van der Waals surface area contributed by atoms with E-state index in [-0.39, 0.29) is 0 Å². The van der Waals surface area contributed by atoms with Crippen molar-refractivity contribution >= 4 is 0 Å². The van der Waals surface area contributed by atoms with Crippen LogP contribution in [0.2, 0.25) is 0 Å². The lowest BCUT2D eigenvalue weighted by atomic mass is 10.1. The van der Waals surface area contributed by atoms with Gasteiger partial charge in [-0.2, -0.15) is 0 Å². The van der Waals surface area contributed by atoms with E-state index in [0.717, 1.165) is 37.0 Å². The number of hydrogen-bond acceptors (Lipinski definition) is 3. The Labute approximate surface area is 116 Å². The van der Waals surface area contributed by atoms with Crippen LogP contribution in [0.5, 0.6) is 11.5 Å². The molecule has 106 valence electrons. The molecule has 1 aliphatic carbocycles. The Morgan fingerprint density at radius 1 is 1.21 bits per heavy atom. The second kappa shape index (κ2) is 7.39. The molecule has 0 bridgehead atoms.